The molecule has 6 nitrogen and oxygen atoms in total. The van der Waals surface area contributed by atoms with Crippen molar-refractivity contribution in [2.75, 3.05) is 5.32 Å². The van der Waals surface area contributed by atoms with E-state index in [0.717, 1.165) is 5.56 Å². The van der Waals surface area contributed by atoms with Crippen molar-refractivity contribution in [3.05, 3.63) is 58.3 Å². The maximum atomic E-state index is 14.0. The molecule has 9 heteroatoms. The molecule has 3 rings (SSSR count). The molecule has 0 bridgehead atoms. The predicted octanol–water partition coefficient (Wildman–Crippen LogP) is 3.22. The molecule has 27 heavy (non-hydrogen) atoms. The van der Waals surface area contributed by atoms with Gasteiger partial charge in [-0.05, 0) is 43.7 Å². The minimum Gasteiger partial charge on any atom is -0.322 e. The molecule has 0 radical (unpaired) electrons. The van der Waals surface area contributed by atoms with Crippen LogP contribution in [0.4, 0.5) is 10.1 Å². The van der Waals surface area contributed by atoms with Crippen molar-refractivity contribution in [2.24, 2.45) is 0 Å². The molecule has 0 aliphatic carbocycles. The molecule has 1 N–H and O–H groups in total. The van der Waals surface area contributed by atoms with E-state index in [-0.39, 0.29) is 23.4 Å². The Kier molecular flexibility index (Phi) is 5.34. The summed E-state index contributed by atoms with van der Waals surface area (Å²) in [7, 11) is -4.19. The number of sulfonamides is 1. The highest BCUT2D eigenvalue weighted by atomic mass is 79.9. The number of hydrogen-bond donors (Lipinski definition) is 1. The largest absolute Gasteiger partial charge is 0.322 e. The number of aryl methyl sites for hydroxylation is 1. The van der Waals surface area contributed by atoms with Gasteiger partial charge >= 0.3 is 0 Å². The zero-order valence-electron chi connectivity index (χ0n) is 14.3. The molecule has 0 spiro atoms. The normalized spacial score (nSPS) is 17.2. The second-order valence-corrected chi connectivity index (χ2v) is 8.91. The molecule has 1 heterocycles. The molecule has 2 aromatic carbocycles. The van der Waals surface area contributed by atoms with Gasteiger partial charge in [-0.2, -0.15) is 0 Å². The van der Waals surface area contributed by atoms with Crippen LogP contribution >= 0.6 is 15.9 Å². The van der Waals surface area contributed by atoms with E-state index in [1.165, 1.54) is 24.3 Å². The Bertz CT molecular complexity index is 1010. The smallest absolute Gasteiger partial charge is 0.267 e. The Morgan fingerprint density at radius 3 is 2.52 bits per heavy atom. The van der Waals surface area contributed by atoms with Crippen molar-refractivity contribution in [3.63, 3.8) is 0 Å². The number of amides is 2. The second-order valence-electron chi connectivity index (χ2n) is 6.18. The lowest BCUT2D eigenvalue weighted by atomic mass is 10.2. The maximum absolute atomic E-state index is 14.0. The Balaban J connectivity index is 1.89. The van der Waals surface area contributed by atoms with Crippen LogP contribution in [-0.2, 0) is 19.6 Å². The van der Waals surface area contributed by atoms with Gasteiger partial charge in [0.2, 0.25) is 11.8 Å². The first-order chi connectivity index (χ1) is 12.7. The molecule has 2 aromatic rings. The molecule has 1 aliphatic heterocycles. The van der Waals surface area contributed by atoms with Gasteiger partial charge in [-0.3, -0.25) is 9.59 Å². The summed E-state index contributed by atoms with van der Waals surface area (Å²) < 4.78 is 40.8. The van der Waals surface area contributed by atoms with Gasteiger partial charge in [-0.25, -0.2) is 17.1 Å². The Hall–Kier alpha value is -2.26. The summed E-state index contributed by atoms with van der Waals surface area (Å²) in [6.45, 7) is 1.81. The lowest BCUT2D eigenvalue weighted by molar-refractivity contribution is -0.128. The topological polar surface area (TPSA) is 83.6 Å². The summed E-state index contributed by atoms with van der Waals surface area (Å²) in [5.41, 5.74) is 0.775. The predicted molar refractivity (Wildman–Crippen MR) is 101 cm³/mol. The highest BCUT2D eigenvalue weighted by Crippen LogP contribution is 2.29. The number of nitrogens with zero attached hydrogens (tertiary/aromatic N) is 1. The fourth-order valence-electron chi connectivity index (χ4n) is 2.83. The van der Waals surface area contributed by atoms with Gasteiger partial charge in [0.1, 0.15) is 11.9 Å². The summed E-state index contributed by atoms with van der Waals surface area (Å²) >= 11 is 3.12. The van der Waals surface area contributed by atoms with Crippen molar-refractivity contribution in [3.8, 4) is 0 Å². The lowest BCUT2D eigenvalue weighted by Gasteiger charge is -2.24. The fourth-order valence-corrected chi connectivity index (χ4v) is 4.77. The first kappa shape index (κ1) is 19.5. The molecule has 1 atom stereocenters. The number of rotatable bonds is 4. The van der Waals surface area contributed by atoms with Crippen molar-refractivity contribution in [1.82, 2.24) is 4.31 Å². The van der Waals surface area contributed by atoms with E-state index < -0.39 is 33.7 Å². The van der Waals surface area contributed by atoms with Gasteiger partial charge in [0.15, 0.2) is 0 Å². The van der Waals surface area contributed by atoms with Gasteiger partial charge in [0, 0.05) is 10.9 Å². The quantitative estimate of drug-likeness (QED) is 0.768. The van der Waals surface area contributed by atoms with Crippen LogP contribution in [-0.4, -0.2) is 30.6 Å². The number of halogens is 2. The molecule has 1 saturated heterocycles. The summed E-state index contributed by atoms with van der Waals surface area (Å²) in [6, 6.07) is 8.84. The second kappa shape index (κ2) is 7.40. The maximum Gasteiger partial charge on any atom is 0.267 e. The van der Waals surface area contributed by atoms with Crippen LogP contribution in [0.15, 0.2) is 51.8 Å². The fraction of sp³-hybridized carbons (Fsp3) is 0.222. The van der Waals surface area contributed by atoms with E-state index in [2.05, 4.69) is 21.2 Å². The third kappa shape index (κ3) is 3.89. The van der Waals surface area contributed by atoms with E-state index in [0.29, 0.717) is 8.78 Å². The molecule has 1 aliphatic rings. The minimum atomic E-state index is -4.19. The van der Waals surface area contributed by atoms with Crippen LogP contribution in [0.2, 0.25) is 0 Å². The molecule has 2 amide bonds. The summed E-state index contributed by atoms with van der Waals surface area (Å²) in [4.78, 5) is 24.7. The Morgan fingerprint density at radius 1 is 1.22 bits per heavy atom. The monoisotopic (exact) mass is 454 g/mol. The molecule has 142 valence electrons. The van der Waals surface area contributed by atoms with Crippen molar-refractivity contribution >= 4 is 43.5 Å². The number of carbonyl (C=O) groups is 2. The van der Waals surface area contributed by atoms with Crippen LogP contribution in [0.1, 0.15) is 18.4 Å². The van der Waals surface area contributed by atoms with Crippen molar-refractivity contribution < 1.29 is 22.4 Å². The van der Waals surface area contributed by atoms with E-state index >= 15 is 0 Å². The van der Waals surface area contributed by atoms with E-state index in [1.54, 1.807) is 25.1 Å². The van der Waals surface area contributed by atoms with Gasteiger partial charge in [-0.1, -0.05) is 33.6 Å². The van der Waals surface area contributed by atoms with E-state index in [9.17, 15) is 22.4 Å². The highest BCUT2D eigenvalue weighted by Gasteiger charge is 2.44. The Labute approximate surface area is 164 Å². The third-order valence-corrected chi connectivity index (χ3v) is 6.57. The average Bonchev–Trinajstić information content (AvgIpc) is 3.00. The van der Waals surface area contributed by atoms with E-state index in [1.807, 2.05) is 0 Å². The first-order valence-corrected chi connectivity index (χ1v) is 10.3. The summed E-state index contributed by atoms with van der Waals surface area (Å²) in [5, 5.41) is 2.37. The number of carbonyl (C=O) groups excluding carboxylic acids is 2. The van der Waals surface area contributed by atoms with Gasteiger partial charge in [0.25, 0.3) is 10.0 Å². The highest BCUT2D eigenvalue weighted by molar-refractivity contribution is 9.10. The van der Waals surface area contributed by atoms with Gasteiger partial charge < -0.3 is 5.32 Å². The number of benzene rings is 2. The number of nitrogens with one attached hydrogen (secondary N) is 1. The van der Waals surface area contributed by atoms with Crippen LogP contribution < -0.4 is 5.32 Å². The standard InChI is InChI=1S/C18H16BrFN2O4S/c1-11-2-5-13(6-3-11)27(25,26)22-16(8-9-17(22)23)18(24)21-15-7-4-12(19)10-14(15)20/h2-7,10,16H,8-9H2,1H3,(H,21,24)/t16-/m0/s1. The molecular formula is C18H16BrFN2O4S. The van der Waals surface area contributed by atoms with Gasteiger partial charge in [-0.15, -0.1) is 0 Å². The number of anilines is 1. The van der Waals surface area contributed by atoms with Gasteiger partial charge in [0.05, 0.1) is 10.6 Å². The minimum absolute atomic E-state index is 0.0356. The summed E-state index contributed by atoms with van der Waals surface area (Å²) in [6.07, 6.45) is -0.0418. The van der Waals surface area contributed by atoms with Crippen LogP contribution in [0.3, 0.4) is 0 Å². The zero-order chi connectivity index (χ0) is 19.8. The average molecular weight is 455 g/mol. The molecule has 0 saturated carbocycles. The van der Waals surface area contributed by atoms with Crippen molar-refractivity contribution in [2.45, 2.75) is 30.7 Å². The lowest BCUT2D eigenvalue weighted by Crippen LogP contribution is -2.45. The van der Waals surface area contributed by atoms with Crippen LogP contribution in [0, 0.1) is 12.7 Å². The van der Waals surface area contributed by atoms with Crippen LogP contribution in [0.5, 0.6) is 0 Å². The molecule has 0 aromatic heterocycles. The molecular weight excluding hydrogens is 439 g/mol. The first-order valence-electron chi connectivity index (χ1n) is 8.10. The third-order valence-electron chi connectivity index (χ3n) is 4.23. The SMILES string of the molecule is Cc1ccc(S(=O)(=O)N2C(=O)CC[C@H]2C(=O)Nc2ccc(Br)cc2F)cc1. The number of hydrogen-bond acceptors (Lipinski definition) is 4. The zero-order valence-corrected chi connectivity index (χ0v) is 16.7. The Morgan fingerprint density at radius 2 is 1.89 bits per heavy atom. The molecule has 0 unspecified atom stereocenters. The summed E-state index contributed by atoms with van der Waals surface area (Å²) in [5.74, 6) is -2.08. The van der Waals surface area contributed by atoms with E-state index in [4.69, 9.17) is 0 Å². The molecule has 1 fully saturated rings. The van der Waals surface area contributed by atoms with Crippen LogP contribution in [0.25, 0.3) is 0 Å². The van der Waals surface area contributed by atoms with Crippen molar-refractivity contribution in [1.29, 1.82) is 0 Å².